The summed E-state index contributed by atoms with van der Waals surface area (Å²) in [6.07, 6.45) is 0.532. The zero-order valence-corrected chi connectivity index (χ0v) is 21.3. The second-order valence-electron chi connectivity index (χ2n) is 9.10. The molecule has 2 amide bonds. The van der Waals surface area contributed by atoms with E-state index in [4.69, 9.17) is 14.2 Å². The number of nitrogens with one attached hydrogen (secondary N) is 2. The van der Waals surface area contributed by atoms with Gasteiger partial charge in [0.05, 0.1) is 32.5 Å². The Bertz CT molecular complexity index is 1060. The molecule has 3 atom stereocenters. The van der Waals surface area contributed by atoms with Gasteiger partial charge in [-0.25, -0.2) is 4.79 Å². The summed E-state index contributed by atoms with van der Waals surface area (Å²) in [5.41, 5.74) is 1.15. The molecule has 10 heteroatoms. The highest BCUT2D eigenvalue weighted by molar-refractivity contribution is 5.95. The second-order valence-corrected chi connectivity index (χ2v) is 9.10. The van der Waals surface area contributed by atoms with Crippen LogP contribution in [0.25, 0.3) is 0 Å². The normalized spacial score (nSPS) is 21.6. The minimum absolute atomic E-state index is 0.0303. The van der Waals surface area contributed by atoms with E-state index in [2.05, 4.69) is 15.6 Å². The Morgan fingerprint density at radius 1 is 1.19 bits per heavy atom. The summed E-state index contributed by atoms with van der Waals surface area (Å²) >= 11 is 0. The molecule has 36 heavy (non-hydrogen) atoms. The monoisotopic (exact) mass is 498 g/mol. The predicted molar refractivity (Wildman–Crippen MR) is 133 cm³/mol. The molecule has 2 aromatic rings. The lowest BCUT2D eigenvalue weighted by atomic mass is 10.0. The van der Waals surface area contributed by atoms with E-state index in [1.165, 1.54) is 20.3 Å². The quantitative estimate of drug-likeness (QED) is 0.599. The summed E-state index contributed by atoms with van der Waals surface area (Å²) in [7, 11) is 2.71. The summed E-state index contributed by atoms with van der Waals surface area (Å²) < 4.78 is 16.2. The molecular weight excluding hydrogens is 464 g/mol. The van der Waals surface area contributed by atoms with Gasteiger partial charge in [-0.3, -0.25) is 19.5 Å². The van der Waals surface area contributed by atoms with E-state index < -0.39 is 18.1 Å². The highest BCUT2D eigenvalue weighted by Gasteiger charge is 2.32. The van der Waals surface area contributed by atoms with Crippen molar-refractivity contribution in [3.8, 4) is 11.5 Å². The van der Waals surface area contributed by atoms with Gasteiger partial charge in [-0.1, -0.05) is 19.9 Å². The van der Waals surface area contributed by atoms with Gasteiger partial charge in [-0.05, 0) is 43.2 Å². The number of ether oxygens (including phenoxy) is 3. The summed E-state index contributed by atoms with van der Waals surface area (Å²) in [6, 6.07) is 9.38. The number of fused-ring (bicyclic) bond motifs is 2. The van der Waals surface area contributed by atoms with Gasteiger partial charge in [-0.2, -0.15) is 0 Å². The molecule has 1 aromatic carbocycles. The maximum atomic E-state index is 13.2. The van der Waals surface area contributed by atoms with Gasteiger partial charge in [0, 0.05) is 30.9 Å². The largest absolute Gasteiger partial charge is 0.493 e. The fraction of sp³-hybridized carbons (Fsp3) is 0.462. The van der Waals surface area contributed by atoms with E-state index in [1.807, 2.05) is 36.9 Å². The summed E-state index contributed by atoms with van der Waals surface area (Å²) in [5.74, 6) is -0.653. The fourth-order valence-electron chi connectivity index (χ4n) is 3.95. The van der Waals surface area contributed by atoms with E-state index in [0.717, 1.165) is 5.69 Å². The number of amides is 2. The molecule has 2 N–H and O–H groups in total. The number of esters is 1. The lowest BCUT2D eigenvalue weighted by Gasteiger charge is -2.31. The van der Waals surface area contributed by atoms with Gasteiger partial charge >= 0.3 is 5.97 Å². The van der Waals surface area contributed by atoms with E-state index in [9.17, 15) is 14.4 Å². The zero-order valence-electron chi connectivity index (χ0n) is 21.3. The van der Waals surface area contributed by atoms with E-state index in [0.29, 0.717) is 24.4 Å². The molecule has 0 fully saturated rings. The molecule has 1 aliphatic rings. The summed E-state index contributed by atoms with van der Waals surface area (Å²) in [6.45, 7) is 6.54. The van der Waals surface area contributed by atoms with Crippen LogP contribution in [0.15, 0.2) is 42.6 Å². The van der Waals surface area contributed by atoms with Crippen molar-refractivity contribution in [1.82, 2.24) is 20.5 Å². The van der Waals surface area contributed by atoms with E-state index in [-0.39, 0.29) is 36.1 Å². The number of rotatable bonds is 5. The molecule has 0 saturated carbocycles. The number of carbonyl (C=O) groups excluding carboxylic acids is 3. The molecule has 2 bridgehead atoms. The van der Waals surface area contributed by atoms with Gasteiger partial charge < -0.3 is 24.8 Å². The predicted octanol–water partition coefficient (Wildman–Crippen LogP) is 1.79. The van der Waals surface area contributed by atoms with Crippen molar-refractivity contribution in [2.45, 2.75) is 45.5 Å². The van der Waals surface area contributed by atoms with Crippen molar-refractivity contribution in [2.24, 2.45) is 5.92 Å². The molecule has 1 aliphatic heterocycles. The second kappa shape index (κ2) is 12.3. The average Bonchev–Trinajstić information content (AvgIpc) is 2.85. The number of benzene rings is 1. The van der Waals surface area contributed by atoms with Crippen LogP contribution in [-0.4, -0.2) is 73.2 Å². The topological polar surface area (TPSA) is 119 Å². The molecule has 0 aliphatic carbocycles. The smallest absolute Gasteiger partial charge is 0.349 e. The first-order valence-corrected chi connectivity index (χ1v) is 11.9. The van der Waals surface area contributed by atoms with Crippen LogP contribution in [0.4, 0.5) is 0 Å². The van der Waals surface area contributed by atoms with Gasteiger partial charge in [-0.15, -0.1) is 0 Å². The van der Waals surface area contributed by atoms with Crippen molar-refractivity contribution in [1.29, 1.82) is 0 Å². The van der Waals surface area contributed by atoms with Gasteiger partial charge in [0.2, 0.25) is 12.0 Å². The highest BCUT2D eigenvalue weighted by atomic mass is 16.6. The Morgan fingerprint density at radius 3 is 2.61 bits per heavy atom. The molecule has 0 radical (unpaired) electrons. The molecule has 10 nitrogen and oxygen atoms in total. The molecule has 0 saturated heterocycles. The molecule has 0 spiro atoms. The van der Waals surface area contributed by atoms with Crippen molar-refractivity contribution < 1.29 is 28.6 Å². The first kappa shape index (κ1) is 26.9. The number of hydrogen-bond acceptors (Lipinski definition) is 8. The summed E-state index contributed by atoms with van der Waals surface area (Å²) in [5, 5.41) is 5.94. The molecule has 2 heterocycles. The van der Waals surface area contributed by atoms with Crippen LogP contribution in [0.3, 0.4) is 0 Å². The van der Waals surface area contributed by atoms with Crippen molar-refractivity contribution in [3.05, 3.63) is 53.9 Å². The molecular formula is C26H34N4O6. The van der Waals surface area contributed by atoms with Crippen LogP contribution in [0.2, 0.25) is 0 Å². The highest BCUT2D eigenvalue weighted by Crippen LogP contribution is 2.30. The van der Waals surface area contributed by atoms with Crippen molar-refractivity contribution in [2.75, 3.05) is 27.3 Å². The zero-order chi connectivity index (χ0) is 26.2. The lowest BCUT2D eigenvalue weighted by Crippen LogP contribution is -2.53. The maximum absolute atomic E-state index is 13.2. The number of methoxy groups -OCH3 is 2. The number of aromatic nitrogens is 1. The van der Waals surface area contributed by atoms with Crippen LogP contribution < -0.4 is 20.1 Å². The van der Waals surface area contributed by atoms with Gasteiger partial charge in [0.1, 0.15) is 0 Å². The Hall–Kier alpha value is -3.66. The number of nitrogens with zero attached hydrogens (tertiary/aromatic N) is 2. The third-order valence-corrected chi connectivity index (χ3v) is 6.01. The SMILES string of the molecule is COC(=O)[C@@H]1Oc2cc(ccc2OC)C(=O)N[C@@H](C(C)C)CN(Cc2ccccn2)CC(=O)N[C@H]1C. The minimum atomic E-state index is -1.17. The van der Waals surface area contributed by atoms with E-state index in [1.54, 1.807) is 25.3 Å². The fourth-order valence-corrected chi connectivity index (χ4v) is 3.95. The third-order valence-electron chi connectivity index (χ3n) is 6.01. The summed E-state index contributed by atoms with van der Waals surface area (Å²) in [4.78, 5) is 45.2. The molecule has 1 aromatic heterocycles. The van der Waals surface area contributed by atoms with Crippen molar-refractivity contribution >= 4 is 17.8 Å². The molecule has 194 valence electrons. The number of hydrogen-bond donors (Lipinski definition) is 2. The molecule has 0 unspecified atom stereocenters. The Balaban J connectivity index is 2.01. The van der Waals surface area contributed by atoms with Crippen LogP contribution in [0.1, 0.15) is 36.8 Å². The molecule has 3 rings (SSSR count). The van der Waals surface area contributed by atoms with Gasteiger partial charge in [0.25, 0.3) is 5.91 Å². The van der Waals surface area contributed by atoms with Crippen LogP contribution in [0.5, 0.6) is 11.5 Å². The van der Waals surface area contributed by atoms with Crippen LogP contribution >= 0.6 is 0 Å². The van der Waals surface area contributed by atoms with Gasteiger partial charge in [0.15, 0.2) is 11.5 Å². The van der Waals surface area contributed by atoms with Crippen LogP contribution in [-0.2, 0) is 20.9 Å². The lowest BCUT2D eigenvalue weighted by molar-refractivity contribution is -0.150. The maximum Gasteiger partial charge on any atom is 0.349 e. The Labute approximate surface area is 211 Å². The van der Waals surface area contributed by atoms with E-state index >= 15 is 0 Å². The standard InChI is InChI=1S/C26H34N4O6/c1-16(2)20-14-30(13-19-8-6-7-11-27-19)15-23(31)28-17(3)24(26(33)35-5)36-22-12-18(25(32)29-20)9-10-21(22)34-4/h6-12,16-17,20,24H,13-15H2,1-5H3,(H,28,31)(H,29,32)/t17-,20+,24+/m0/s1. The van der Waals surface area contributed by atoms with Crippen LogP contribution in [0, 0.1) is 5.92 Å². The average molecular weight is 499 g/mol. The number of pyridine rings is 1. The Kier molecular flexibility index (Phi) is 9.24. The first-order chi connectivity index (χ1) is 17.2. The first-order valence-electron chi connectivity index (χ1n) is 11.9. The third kappa shape index (κ3) is 6.94. The van der Waals surface area contributed by atoms with Crippen molar-refractivity contribution in [3.63, 3.8) is 0 Å². The Morgan fingerprint density at radius 2 is 1.97 bits per heavy atom. The minimum Gasteiger partial charge on any atom is -0.493 e. The number of carbonyl (C=O) groups is 3.